The maximum Gasteiger partial charge on any atom is 0.444 e. The normalized spacial score (nSPS) is 13.7. The highest BCUT2D eigenvalue weighted by atomic mass is 32.7. The lowest BCUT2D eigenvalue weighted by Crippen LogP contribution is -1.95. The Morgan fingerprint density at radius 3 is 2.30 bits per heavy atom. The molecule has 2 aromatic carbocycles. The molecule has 0 radical (unpaired) electrons. The van der Waals surface area contributed by atoms with Gasteiger partial charge in [-0.2, -0.15) is 0 Å². The van der Waals surface area contributed by atoms with Gasteiger partial charge in [-0.05, 0) is 38.1 Å². The smallest absolute Gasteiger partial charge is 0.417 e. The van der Waals surface area contributed by atoms with Crippen molar-refractivity contribution in [2.24, 2.45) is 0 Å². The minimum absolute atomic E-state index is 0.336. The summed E-state index contributed by atoms with van der Waals surface area (Å²) in [7, 11) is 0. The molecule has 0 aliphatic heterocycles. The van der Waals surface area contributed by atoms with Crippen molar-refractivity contribution in [1.82, 2.24) is 0 Å². The summed E-state index contributed by atoms with van der Waals surface area (Å²) < 4.78 is 23.7. The van der Waals surface area contributed by atoms with Crippen LogP contribution in [0.15, 0.2) is 59.5 Å². The molecule has 0 bridgehead atoms. The third-order valence-corrected chi connectivity index (χ3v) is 6.04. The molecule has 0 heterocycles. The van der Waals surface area contributed by atoms with Crippen LogP contribution in [0, 0.1) is 6.92 Å². The highest BCUT2D eigenvalue weighted by molar-refractivity contribution is 8.55. The van der Waals surface area contributed by atoms with Crippen LogP contribution >= 0.6 is 18.2 Å². The molecule has 0 aromatic heterocycles. The van der Waals surface area contributed by atoms with Gasteiger partial charge >= 0.3 is 6.80 Å². The Hall–Kier alpha value is -1.22. The highest BCUT2D eigenvalue weighted by Crippen LogP contribution is 2.62. The predicted octanol–water partition coefficient (Wildman–Crippen LogP) is 5.31. The Morgan fingerprint density at radius 2 is 1.70 bits per heavy atom. The molecule has 3 nitrogen and oxygen atoms in total. The van der Waals surface area contributed by atoms with Gasteiger partial charge in [0.25, 0.3) is 0 Å². The summed E-state index contributed by atoms with van der Waals surface area (Å²) in [5, 5.41) is 0. The van der Waals surface area contributed by atoms with Crippen LogP contribution in [0.25, 0.3) is 0 Å². The average Bonchev–Trinajstić information content (AvgIpc) is 2.42. The van der Waals surface area contributed by atoms with Gasteiger partial charge in [-0.1, -0.05) is 35.9 Å². The van der Waals surface area contributed by atoms with E-state index in [4.69, 9.17) is 9.05 Å². The van der Waals surface area contributed by atoms with Crippen molar-refractivity contribution in [2.75, 3.05) is 6.61 Å². The Kier molecular flexibility index (Phi) is 5.30. The van der Waals surface area contributed by atoms with E-state index in [1.165, 1.54) is 0 Å². The zero-order valence-corrected chi connectivity index (χ0v) is 13.2. The maximum atomic E-state index is 12.8. The Morgan fingerprint density at radius 1 is 1.05 bits per heavy atom. The standard InChI is InChI=1S/C15H17O3PS/c1-3-17-19(16,20-15-7-5-4-6-8-15)18-14-11-9-13(2)10-12-14/h4-12H,3H2,1-2H3. The maximum absolute atomic E-state index is 12.8. The molecule has 0 aliphatic rings. The van der Waals surface area contributed by atoms with Crippen molar-refractivity contribution < 1.29 is 13.6 Å². The lowest BCUT2D eigenvalue weighted by atomic mass is 10.2. The van der Waals surface area contributed by atoms with Crippen molar-refractivity contribution in [1.29, 1.82) is 0 Å². The van der Waals surface area contributed by atoms with E-state index < -0.39 is 6.80 Å². The minimum Gasteiger partial charge on any atom is -0.417 e. The molecule has 0 N–H and O–H groups in total. The molecule has 0 amide bonds. The van der Waals surface area contributed by atoms with E-state index in [1.54, 1.807) is 19.1 Å². The molecule has 5 heteroatoms. The zero-order chi connectivity index (χ0) is 14.4. The first-order chi connectivity index (χ1) is 9.61. The third-order valence-electron chi connectivity index (χ3n) is 2.49. The van der Waals surface area contributed by atoms with Crippen LogP contribution in [0.2, 0.25) is 0 Å². The van der Waals surface area contributed by atoms with Crippen LogP contribution in [0.3, 0.4) is 0 Å². The molecule has 0 saturated carbocycles. The van der Waals surface area contributed by atoms with Gasteiger partial charge in [0.2, 0.25) is 0 Å². The summed E-state index contributed by atoms with van der Waals surface area (Å²) in [4.78, 5) is 0.858. The Labute approximate surface area is 123 Å². The van der Waals surface area contributed by atoms with Crippen molar-refractivity contribution in [2.45, 2.75) is 18.7 Å². The van der Waals surface area contributed by atoms with E-state index in [0.717, 1.165) is 21.8 Å². The minimum atomic E-state index is -3.26. The SMILES string of the molecule is CCOP(=O)(Oc1ccc(C)cc1)Sc1ccccc1. The number of rotatable bonds is 6. The second kappa shape index (κ2) is 6.98. The summed E-state index contributed by atoms with van der Waals surface area (Å²) in [6.45, 7) is 0.868. The molecular formula is C15H17O3PS. The first-order valence-corrected chi connectivity index (χ1v) is 9.33. The molecule has 0 fully saturated rings. The lowest BCUT2D eigenvalue weighted by Gasteiger charge is -2.17. The summed E-state index contributed by atoms with van der Waals surface area (Å²) in [5.41, 5.74) is 1.12. The first-order valence-electron chi connectivity index (χ1n) is 6.37. The van der Waals surface area contributed by atoms with Crippen molar-refractivity contribution in [3.05, 3.63) is 60.2 Å². The van der Waals surface area contributed by atoms with Gasteiger partial charge in [-0.15, -0.1) is 0 Å². The van der Waals surface area contributed by atoms with Crippen LogP contribution < -0.4 is 4.52 Å². The number of hydrogen-bond acceptors (Lipinski definition) is 4. The van der Waals surface area contributed by atoms with Gasteiger partial charge in [0.1, 0.15) is 5.75 Å². The van der Waals surface area contributed by atoms with Crippen molar-refractivity contribution >= 4 is 18.2 Å². The molecule has 2 rings (SSSR count). The van der Waals surface area contributed by atoms with Crippen LogP contribution in [0.5, 0.6) is 5.75 Å². The monoisotopic (exact) mass is 308 g/mol. The fraction of sp³-hybridized carbons (Fsp3) is 0.200. The predicted molar refractivity (Wildman–Crippen MR) is 83.3 cm³/mol. The summed E-state index contributed by atoms with van der Waals surface area (Å²) in [6.07, 6.45) is 0. The fourth-order valence-electron chi connectivity index (χ4n) is 1.57. The topological polar surface area (TPSA) is 35.5 Å². The van der Waals surface area contributed by atoms with Gasteiger partial charge in [0, 0.05) is 16.3 Å². The Bertz CT molecular complexity index is 584. The fourth-order valence-corrected chi connectivity index (χ4v) is 4.93. The van der Waals surface area contributed by atoms with Gasteiger partial charge in [-0.25, -0.2) is 4.57 Å². The molecule has 0 aliphatic carbocycles. The molecule has 1 unspecified atom stereocenters. The highest BCUT2D eigenvalue weighted by Gasteiger charge is 2.28. The van der Waals surface area contributed by atoms with Gasteiger partial charge in [0.05, 0.1) is 6.61 Å². The van der Waals surface area contributed by atoms with E-state index in [-0.39, 0.29) is 0 Å². The largest absolute Gasteiger partial charge is 0.444 e. The lowest BCUT2D eigenvalue weighted by molar-refractivity contribution is 0.296. The second-order valence-electron chi connectivity index (χ2n) is 4.17. The third kappa shape index (κ3) is 4.41. The number of aryl methyl sites for hydroxylation is 1. The van der Waals surface area contributed by atoms with Crippen LogP contribution in [-0.2, 0) is 9.09 Å². The summed E-state index contributed by atoms with van der Waals surface area (Å²) >= 11 is 1.13. The molecular weight excluding hydrogens is 291 g/mol. The van der Waals surface area contributed by atoms with E-state index >= 15 is 0 Å². The van der Waals surface area contributed by atoms with Crippen molar-refractivity contribution in [3.8, 4) is 5.75 Å². The molecule has 1 atom stereocenters. The second-order valence-corrected chi connectivity index (χ2v) is 8.05. The number of benzene rings is 2. The van der Waals surface area contributed by atoms with E-state index in [1.807, 2.05) is 49.4 Å². The molecule has 0 spiro atoms. The zero-order valence-electron chi connectivity index (χ0n) is 11.5. The average molecular weight is 308 g/mol. The molecule has 20 heavy (non-hydrogen) atoms. The van der Waals surface area contributed by atoms with E-state index in [9.17, 15) is 4.57 Å². The van der Waals surface area contributed by atoms with Crippen LogP contribution in [0.4, 0.5) is 0 Å². The summed E-state index contributed by atoms with van der Waals surface area (Å²) in [6, 6.07) is 16.9. The molecule has 0 saturated heterocycles. The Balaban J connectivity index is 2.16. The van der Waals surface area contributed by atoms with Gasteiger partial charge < -0.3 is 4.52 Å². The first kappa shape index (κ1) is 15.2. The van der Waals surface area contributed by atoms with E-state index in [0.29, 0.717) is 12.4 Å². The van der Waals surface area contributed by atoms with Gasteiger partial charge in [0.15, 0.2) is 0 Å². The van der Waals surface area contributed by atoms with E-state index in [2.05, 4.69) is 0 Å². The van der Waals surface area contributed by atoms with Crippen LogP contribution in [-0.4, -0.2) is 6.61 Å². The van der Waals surface area contributed by atoms with Crippen LogP contribution in [0.1, 0.15) is 12.5 Å². The van der Waals surface area contributed by atoms with Crippen molar-refractivity contribution in [3.63, 3.8) is 0 Å². The molecule has 106 valence electrons. The molecule has 2 aromatic rings. The summed E-state index contributed by atoms with van der Waals surface area (Å²) in [5.74, 6) is 0.552. The quantitative estimate of drug-likeness (QED) is 0.677. The number of hydrogen-bond donors (Lipinski definition) is 0. The van der Waals surface area contributed by atoms with Gasteiger partial charge in [-0.3, -0.25) is 4.52 Å².